The lowest BCUT2D eigenvalue weighted by atomic mass is 9.86. The summed E-state index contributed by atoms with van der Waals surface area (Å²) >= 11 is 0. The normalized spacial score (nSPS) is 31.9. The molecule has 8 aliphatic rings. The number of benzene rings is 1. The van der Waals surface area contributed by atoms with Crippen LogP contribution in [0.2, 0.25) is 0 Å². The minimum absolute atomic E-state index is 0.0866. The first-order valence-corrected chi connectivity index (χ1v) is 23.4. The molecule has 4 aliphatic heterocycles. The number of nitrogens with zero attached hydrogens (tertiary/aromatic N) is 2. The van der Waals surface area contributed by atoms with Crippen LogP contribution in [0, 0.1) is 11.8 Å². The van der Waals surface area contributed by atoms with E-state index in [0.29, 0.717) is 55.8 Å². The van der Waals surface area contributed by atoms with Gasteiger partial charge in [0.1, 0.15) is 29.0 Å². The molecule has 4 aliphatic carbocycles. The molecule has 5 atom stereocenters. The number of nitrogens with one attached hydrogen (secondary N) is 2. The van der Waals surface area contributed by atoms with Gasteiger partial charge in [0, 0.05) is 29.7 Å². The van der Waals surface area contributed by atoms with Crippen LogP contribution in [0.15, 0.2) is 24.3 Å². The zero-order valence-corrected chi connectivity index (χ0v) is 34.5. The first-order chi connectivity index (χ1) is 28.4. The van der Waals surface area contributed by atoms with Crippen molar-refractivity contribution in [1.29, 1.82) is 0 Å². The molecule has 10 rings (SSSR count). The molecule has 0 unspecified atom stereocenters. The fourth-order valence-electron chi connectivity index (χ4n) is 10.2. The van der Waals surface area contributed by atoms with Gasteiger partial charge >= 0.3 is 5.97 Å². The second kappa shape index (κ2) is 14.4. The average Bonchev–Trinajstić information content (AvgIpc) is 4.16. The van der Waals surface area contributed by atoms with Gasteiger partial charge in [0.25, 0.3) is 5.91 Å². The van der Waals surface area contributed by atoms with Gasteiger partial charge in [-0.15, -0.1) is 0 Å². The Morgan fingerprint density at radius 1 is 0.983 bits per heavy atom. The Labute approximate surface area is 344 Å². The largest absolute Gasteiger partial charge is 0.483 e. The van der Waals surface area contributed by atoms with Crippen LogP contribution in [0.5, 0.6) is 17.2 Å². The fourth-order valence-corrected chi connectivity index (χ4v) is 11.5. The van der Waals surface area contributed by atoms with Crippen LogP contribution in [0.3, 0.4) is 0 Å². The summed E-state index contributed by atoms with van der Waals surface area (Å²) in [6.07, 6.45) is 15.2. The molecule has 59 heavy (non-hydrogen) atoms. The van der Waals surface area contributed by atoms with Gasteiger partial charge < -0.3 is 29.2 Å². The highest BCUT2D eigenvalue weighted by Gasteiger charge is 2.64. The minimum atomic E-state index is -3.99. The zero-order chi connectivity index (χ0) is 40.7. The van der Waals surface area contributed by atoms with E-state index < -0.39 is 61.6 Å². The molecular weight excluding hydrogens is 777 g/mol. The van der Waals surface area contributed by atoms with E-state index in [-0.39, 0.29) is 50.5 Å². The lowest BCUT2D eigenvalue weighted by molar-refractivity contribution is -0.154. The highest BCUT2D eigenvalue weighted by atomic mass is 32.2. The van der Waals surface area contributed by atoms with Crippen LogP contribution in [0.4, 0.5) is 0 Å². The molecule has 1 aromatic carbocycles. The van der Waals surface area contributed by atoms with E-state index in [1.165, 1.54) is 0 Å². The summed E-state index contributed by atoms with van der Waals surface area (Å²) in [6, 6.07) is 2.79. The Morgan fingerprint density at radius 3 is 2.56 bits per heavy atom. The maximum atomic E-state index is 15.0. The van der Waals surface area contributed by atoms with Crippen LogP contribution in [0.25, 0.3) is 10.9 Å². The number of aromatic nitrogens is 1. The first kappa shape index (κ1) is 38.8. The minimum Gasteiger partial charge on any atom is -0.483 e. The summed E-state index contributed by atoms with van der Waals surface area (Å²) in [4.78, 5) is 64.1. The zero-order valence-electron chi connectivity index (χ0n) is 33.7. The van der Waals surface area contributed by atoms with Gasteiger partial charge in [0.05, 0.1) is 34.3 Å². The van der Waals surface area contributed by atoms with E-state index in [0.717, 1.165) is 79.9 Å². The van der Waals surface area contributed by atoms with E-state index in [9.17, 15) is 22.8 Å². The monoisotopic (exact) mass is 830 g/mol. The summed E-state index contributed by atoms with van der Waals surface area (Å²) in [5.74, 6) is -0.957. The molecule has 4 saturated carbocycles. The number of ether oxygens (including phenoxy) is 4. The molecule has 1 aromatic heterocycles. The number of esters is 1. The number of rotatable bonds is 7. The van der Waals surface area contributed by atoms with E-state index in [2.05, 4.69) is 10.0 Å². The van der Waals surface area contributed by atoms with Gasteiger partial charge in [0.15, 0.2) is 11.5 Å². The van der Waals surface area contributed by atoms with E-state index in [1.807, 2.05) is 24.3 Å². The average molecular weight is 831 g/mol. The number of pyridine rings is 1. The van der Waals surface area contributed by atoms with Gasteiger partial charge in [-0.1, -0.05) is 25.0 Å². The predicted octanol–water partition coefficient (Wildman–Crippen LogP) is 5.39. The van der Waals surface area contributed by atoms with Crippen molar-refractivity contribution in [2.45, 2.75) is 156 Å². The van der Waals surface area contributed by atoms with Crippen molar-refractivity contribution in [2.75, 3.05) is 13.3 Å². The Kier molecular flexibility index (Phi) is 9.44. The summed E-state index contributed by atoms with van der Waals surface area (Å²) in [6.45, 7) is 1.83. The molecule has 1 spiro atoms. The van der Waals surface area contributed by atoms with Gasteiger partial charge in [-0.05, 0) is 109 Å². The molecule has 3 amide bonds. The Hall–Kier alpha value is -4.40. The standard InChI is InChI=1S/C44H54N4O10S/c1-42(19-20-42)59(53,54)47-41(52)44-22-28(44)10-6-4-2-3-5-9-27(21-34(49)57-29-11-7-8-12-29)40(51)48-24-43(23-32(48)39(50)46-44)18-17-30-35-31(15-16-33-38(35)56-25-55-33)45-36(26-13-14-26)37(30)58-43/h6,10,15-16,26-29,32H,2-5,7-9,11-14,17-25H2,1H3,(H,46,50)(H,47,52)/b10-6-/t27-,28-,32+,43-,44-/m1/s1. The third-order valence-electron chi connectivity index (χ3n) is 14.4. The number of carbonyl (C=O) groups is 4. The molecule has 2 aromatic rings. The summed E-state index contributed by atoms with van der Waals surface area (Å²) in [7, 11) is -3.99. The van der Waals surface area contributed by atoms with Crippen molar-refractivity contribution in [3.05, 3.63) is 35.5 Å². The molecule has 0 radical (unpaired) electrons. The van der Waals surface area contributed by atoms with Gasteiger partial charge in [0.2, 0.25) is 28.6 Å². The Balaban J connectivity index is 0.999. The van der Waals surface area contributed by atoms with Crippen molar-refractivity contribution in [1.82, 2.24) is 19.9 Å². The lowest BCUT2D eigenvalue weighted by Crippen LogP contribution is -2.57. The summed E-state index contributed by atoms with van der Waals surface area (Å²) in [5, 5.41) is 3.86. The quantitative estimate of drug-likeness (QED) is 0.270. The molecule has 14 nitrogen and oxygen atoms in total. The Bertz CT molecular complexity index is 2250. The summed E-state index contributed by atoms with van der Waals surface area (Å²) < 4.78 is 52.6. The fraction of sp³-hybridized carbons (Fsp3) is 0.659. The van der Waals surface area contributed by atoms with Crippen LogP contribution in [-0.4, -0.2) is 83.4 Å². The maximum Gasteiger partial charge on any atom is 0.306 e. The number of aryl methyl sites for hydroxylation is 1. The number of sulfonamides is 1. The molecule has 5 fully saturated rings. The van der Waals surface area contributed by atoms with Crippen molar-refractivity contribution >= 4 is 44.6 Å². The molecule has 5 heterocycles. The van der Waals surface area contributed by atoms with E-state index in [1.54, 1.807) is 11.8 Å². The number of allylic oxidation sites excluding steroid dienone is 1. The lowest BCUT2D eigenvalue weighted by Gasteiger charge is -2.37. The highest BCUT2D eigenvalue weighted by molar-refractivity contribution is 7.91. The van der Waals surface area contributed by atoms with Crippen molar-refractivity contribution in [3.63, 3.8) is 0 Å². The number of hydrogen-bond donors (Lipinski definition) is 2. The van der Waals surface area contributed by atoms with Crippen LogP contribution >= 0.6 is 0 Å². The molecule has 0 bridgehead atoms. The maximum absolute atomic E-state index is 15.0. The highest BCUT2D eigenvalue weighted by Crippen LogP contribution is 2.54. The smallest absolute Gasteiger partial charge is 0.306 e. The van der Waals surface area contributed by atoms with Crippen LogP contribution in [0.1, 0.15) is 133 Å². The predicted molar refractivity (Wildman–Crippen MR) is 214 cm³/mol. The second-order valence-corrected chi connectivity index (χ2v) is 21.0. The number of carbonyl (C=O) groups excluding carboxylic acids is 4. The van der Waals surface area contributed by atoms with Crippen LogP contribution in [-0.2, 0) is 40.4 Å². The molecule has 15 heteroatoms. The molecule has 2 N–H and O–H groups in total. The number of hydrogen-bond acceptors (Lipinski definition) is 11. The number of amides is 3. The van der Waals surface area contributed by atoms with Crippen LogP contribution < -0.4 is 24.2 Å². The molecule has 316 valence electrons. The molecule has 1 saturated heterocycles. The third-order valence-corrected chi connectivity index (χ3v) is 16.6. The van der Waals surface area contributed by atoms with Crippen molar-refractivity contribution < 1.29 is 46.5 Å². The second-order valence-electron chi connectivity index (χ2n) is 18.8. The third kappa shape index (κ3) is 7.02. The van der Waals surface area contributed by atoms with Gasteiger partial charge in [-0.2, -0.15) is 0 Å². The topological polar surface area (TPSA) is 180 Å². The van der Waals surface area contributed by atoms with Gasteiger partial charge in [-0.3, -0.25) is 23.9 Å². The molecular formula is C44H54N4O10S. The Morgan fingerprint density at radius 2 is 1.78 bits per heavy atom. The number of fused-ring (bicyclic) bond motifs is 7. The van der Waals surface area contributed by atoms with E-state index in [4.69, 9.17) is 23.9 Å². The van der Waals surface area contributed by atoms with Crippen molar-refractivity contribution in [2.24, 2.45) is 11.8 Å². The van der Waals surface area contributed by atoms with Crippen molar-refractivity contribution in [3.8, 4) is 17.2 Å². The summed E-state index contributed by atoms with van der Waals surface area (Å²) in [5.41, 5.74) is 0.190. The van der Waals surface area contributed by atoms with Gasteiger partial charge in [-0.25, -0.2) is 13.4 Å². The van der Waals surface area contributed by atoms with E-state index >= 15 is 4.79 Å². The SMILES string of the molecule is CC1(S(=O)(=O)NC(=O)[C@@]23C[C@H]2/C=C\CCCCC[C@H](CC(=O)OC2CCCC2)C(=O)N2C[C@@]4(CCc5c(c(C6CC6)nc6ccc7c(c56)OCO7)O4)C[C@H]2C(=O)N3)CC1. The first-order valence-electron chi connectivity index (χ1n) is 21.9.